The first-order chi connectivity index (χ1) is 16.0. The van der Waals surface area contributed by atoms with Gasteiger partial charge in [-0.15, -0.1) is 10.2 Å². The summed E-state index contributed by atoms with van der Waals surface area (Å²) in [7, 11) is 0. The summed E-state index contributed by atoms with van der Waals surface area (Å²) in [4.78, 5) is 30.3. The van der Waals surface area contributed by atoms with Crippen LogP contribution in [-0.4, -0.2) is 45.0 Å². The topological polar surface area (TPSA) is 91.0 Å². The number of fused-ring (bicyclic) bond motifs is 1. The number of halogens is 1. The van der Waals surface area contributed by atoms with E-state index in [-0.39, 0.29) is 18.2 Å². The van der Waals surface area contributed by atoms with Gasteiger partial charge in [-0.3, -0.25) is 9.59 Å². The van der Waals surface area contributed by atoms with Crippen molar-refractivity contribution in [1.29, 1.82) is 0 Å². The molecule has 7 nitrogen and oxygen atoms in total. The van der Waals surface area contributed by atoms with E-state index in [4.69, 9.17) is 11.6 Å². The van der Waals surface area contributed by atoms with Crippen LogP contribution in [-0.2, 0) is 22.4 Å². The molecule has 2 amide bonds. The fraction of sp³-hybridized carbons (Fsp3) is 0.250. The largest absolute Gasteiger partial charge is 0.361 e. The third-order valence-electron chi connectivity index (χ3n) is 5.86. The van der Waals surface area contributed by atoms with Crippen molar-refractivity contribution in [2.75, 3.05) is 18.4 Å². The lowest BCUT2D eigenvalue weighted by Crippen LogP contribution is -2.30. The second-order valence-electron chi connectivity index (χ2n) is 8.15. The normalized spacial score (nSPS) is 16.0. The fourth-order valence-corrected chi connectivity index (χ4v) is 5.08. The number of hydrogen-bond acceptors (Lipinski definition) is 5. The van der Waals surface area contributed by atoms with E-state index in [1.165, 1.54) is 11.3 Å². The van der Waals surface area contributed by atoms with E-state index in [2.05, 4.69) is 20.5 Å². The Morgan fingerprint density at radius 1 is 1.21 bits per heavy atom. The van der Waals surface area contributed by atoms with E-state index in [1.54, 1.807) is 4.90 Å². The van der Waals surface area contributed by atoms with Crippen LogP contribution in [0.2, 0.25) is 5.02 Å². The molecule has 2 aromatic heterocycles. The highest BCUT2D eigenvalue weighted by molar-refractivity contribution is 7.15. The Morgan fingerprint density at radius 2 is 2.06 bits per heavy atom. The van der Waals surface area contributed by atoms with Gasteiger partial charge >= 0.3 is 0 Å². The standard InChI is InChI=1S/C24H22ClN5O2S/c25-18-6-7-20-19(12-18)16(13-26-20)8-9-30-14-17(11-22(30)31)23(32)27-24-29-28-21(33-24)10-15-4-2-1-3-5-15/h1-7,12-13,17,26H,8-11,14H2,(H,27,29,32). The van der Waals surface area contributed by atoms with Gasteiger partial charge in [-0.25, -0.2) is 0 Å². The van der Waals surface area contributed by atoms with Crippen molar-refractivity contribution >= 4 is 50.8 Å². The van der Waals surface area contributed by atoms with Crippen LogP contribution >= 0.6 is 22.9 Å². The van der Waals surface area contributed by atoms with Crippen molar-refractivity contribution in [3.05, 3.63) is 75.9 Å². The van der Waals surface area contributed by atoms with Crippen molar-refractivity contribution < 1.29 is 9.59 Å². The van der Waals surface area contributed by atoms with E-state index in [9.17, 15) is 9.59 Å². The van der Waals surface area contributed by atoms with Gasteiger partial charge in [0.1, 0.15) is 5.01 Å². The molecule has 9 heteroatoms. The Kier molecular flexibility index (Phi) is 6.11. The van der Waals surface area contributed by atoms with Crippen molar-refractivity contribution in [2.24, 2.45) is 5.92 Å². The molecule has 0 saturated carbocycles. The molecule has 5 rings (SSSR count). The number of nitrogens with one attached hydrogen (secondary N) is 2. The van der Waals surface area contributed by atoms with Crippen LogP contribution in [0.4, 0.5) is 5.13 Å². The monoisotopic (exact) mass is 479 g/mol. The minimum atomic E-state index is -0.392. The summed E-state index contributed by atoms with van der Waals surface area (Å²) < 4.78 is 0. The van der Waals surface area contributed by atoms with E-state index >= 15 is 0 Å². The SMILES string of the molecule is O=C(Nc1nnc(Cc2ccccc2)s1)C1CC(=O)N(CCc2c[nH]c3ccc(Cl)cc23)C1. The number of aromatic nitrogens is 3. The van der Waals surface area contributed by atoms with Crippen molar-refractivity contribution in [3.63, 3.8) is 0 Å². The van der Waals surface area contributed by atoms with E-state index in [0.29, 0.717) is 36.1 Å². The van der Waals surface area contributed by atoms with Crippen LogP contribution in [0.5, 0.6) is 0 Å². The first kappa shape index (κ1) is 21.6. The molecule has 1 unspecified atom stereocenters. The number of amides is 2. The van der Waals surface area contributed by atoms with E-state index in [1.807, 2.05) is 54.7 Å². The Hall–Kier alpha value is -3.23. The molecule has 1 aliphatic rings. The molecule has 2 N–H and O–H groups in total. The van der Waals surface area contributed by atoms with Crippen LogP contribution in [0.3, 0.4) is 0 Å². The van der Waals surface area contributed by atoms with Gasteiger partial charge in [0, 0.05) is 48.1 Å². The molecule has 0 bridgehead atoms. The number of H-pyrrole nitrogens is 1. The highest BCUT2D eigenvalue weighted by atomic mass is 35.5. The van der Waals surface area contributed by atoms with Gasteiger partial charge in [-0.05, 0) is 35.7 Å². The van der Waals surface area contributed by atoms with E-state index in [0.717, 1.165) is 27.0 Å². The Morgan fingerprint density at radius 3 is 2.91 bits per heavy atom. The van der Waals surface area contributed by atoms with Crippen LogP contribution in [0, 0.1) is 5.92 Å². The highest BCUT2D eigenvalue weighted by Crippen LogP contribution is 2.25. The zero-order valence-electron chi connectivity index (χ0n) is 17.8. The Labute approximate surface area is 199 Å². The molecule has 0 aliphatic carbocycles. The number of carbonyl (C=O) groups is 2. The molecule has 168 valence electrons. The van der Waals surface area contributed by atoms with Crippen LogP contribution in [0.1, 0.15) is 22.6 Å². The first-order valence-corrected chi connectivity index (χ1v) is 11.9. The smallest absolute Gasteiger partial charge is 0.231 e. The van der Waals surface area contributed by atoms with Crippen LogP contribution < -0.4 is 5.32 Å². The Bertz CT molecular complexity index is 1300. The van der Waals surface area contributed by atoms with Gasteiger partial charge in [0.2, 0.25) is 16.9 Å². The lowest BCUT2D eigenvalue weighted by atomic mass is 10.1. The molecule has 1 aliphatic heterocycles. The molecule has 3 heterocycles. The number of benzene rings is 2. The quantitative estimate of drug-likeness (QED) is 0.413. The number of anilines is 1. The van der Waals surface area contributed by atoms with Gasteiger partial charge < -0.3 is 15.2 Å². The highest BCUT2D eigenvalue weighted by Gasteiger charge is 2.34. The van der Waals surface area contributed by atoms with Gasteiger partial charge in [-0.1, -0.05) is 53.3 Å². The average Bonchev–Trinajstić information content (AvgIpc) is 3.52. The summed E-state index contributed by atoms with van der Waals surface area (Å²) in [5, 5.41) is 14.1. The minimum Gasteiger partial charge on any atom is -0.361 e. The maximum atomic E-state index is 12.7. The minimum absolute atomic E-state index is 0.00458. The number of aromatic amines is 1. The zero-order chi connectivity index (χ0) is 22.8. The lowest BCUT2D eigenvalue weighted by molar-refractivity contribution is -0.128. The molecule has 0 radical (unpaired) electrons. The number of carbonyl (C=O) groups excluding carboxylic acids is 2. The summed E-state index contributed by atoms with van der Waals surface area (Å²) in [6.07, 6.45) is 3.53. The van der Waals surface area contributed by atoms with Gasteiger partial charge in [0.05, 0.1) is 5.92 Å². The lowest BCUT2D eigenvalue weighted by Gasteiger charge is -2.16. The molecule has 33 heavy (non-hydrogen) atoms. The molecule has 0 spiro atoms. The summed E-state index contributed by atoms with van der Waals surface area (Å²) >= 11 is 7.49. The van der Waals surface area contributed by atoms with Gasteiger partial charge in [-0.2, -0.15) is 0 Å². The average molecular weight is 480 g/mol. The van der Waals surface area contributed by atoms with Crippen molar-refractivity contribution in [1.82, 2.24) is 20.1 Å². The van der Waals surface area contributed by atoms with Crippen LogP contribution in [0.25, 0.3) is 10.9 Å². The fourth-order valence-electron chi connectivity index (χ4n) is 4.13. The third-order valence-corrected chi connectivity index (χ3v) is 6.93. The molecular weight excluding hydrogens is 458 g/mol. The summed E-state index contributed by atoms with van der Waals surface area (Å²) in [5.41, 5.74) is 3.26. The number of hydrogen-bond donors (Lipinski definition) is 2. The molecule has 1 fully saturated rings. The van der Waals surface area contributed by atoms with E-state index < -0.39 is 5.92 Å². The van der Waals surface area contributed by atoms with Crippen molar-refractivity contribution in [2.45, 2.75) is 19.3 Å². The second kappa shape index (κ2) is 9.33. The van der Waals surface area contributed by atoms with Gasteiger partial charge in [0.15, 0.2) is 0 Å². The number of rotatable bonds is 7. The van der Waals surface area contributed by atoms with Crippen LogP contribution in [0.15, 0.2) is 54.7 Å². The van der Waals surface area contributed by atoms with Crippen molar-refractivity contribution in [3.8, 4) is 0 Å². The summed E-state index contributed by atoms with van der Waals surface area (Å²) in [6, 6.07) is 15.7. The molecule has 1 atom stereocenters. The molecule has 4 aromatic rings. The second-order valence-corrected chi connectivity index (χ2v) is 9.65. The summed E-state index contributed by atoms with van der Waals surface area (Å²) in [6.45, 7) is 0.964. The first-order valence-electron chi connectivity index (χ1n) is 10.8. The number of likely N-dealkylation sites (tertiary alicyclic amines) is 1. The van der Waals surface area contributed by atoms with Gasteiger partial charge in [0.25, 0.3) is 0 Å². The third kappa shape index (κ3) is 4.91. The maximum absolute atomic E-state index is 12.7. The predicted molar refractivity (Wildman–Crippen MR) is 129 cm³/mol. The zero-order valence-corrected chi connectivity index (χ0v) is 19.3. The Balaban J connectivity index is 1.16. The molecule has 2 aromatic carbocycles. The number of nitrogens with zero attached hydrogens (tertiary/aromatic N) is 3. The summed E-state index contributed by atoms with van der Waals surface area (Å²) in [5.74, 6) is -0.585. The molecule has 1 saturated heterocycles. The maximum Gasteiger partial charge on any atom is 0.231 e. The predicted octanol–water partition coefficient (Wildman–Crippen LogP) is 4.29. The molecular formula is C24H22ClN5O2S.